The van der Waals surface area contributed by atoms with Gasteiger partial charge in [-0.25, -0.2) is 0 Å². The quantitative estimate of drug-likeness (QED) is 0.515. The maximum absolute atomic E-state index is 6.35. The molecule has 1 heterocycles. The number of halogens is 1. The Hall–Kier alpha value is -2.11. The van der Waals surface area contributed by atoms with Crippen molar-refractivity contribution in [3.63, 3.8) is 0 Å². The van der Waals surface area contributed by atoms with Crippen LogP contribution in [0.25, 0.3) is 10.6 Å². The zero-order valence-electron chi connectivity index (χ0n) is 16.3. The van der Waals surface area contributed by atoms with Gasteiger partial charge in [-0.1, -0.05) is 41.1 Å². The number of ether oxygens (including phenoxy) is 1. The largest absolute Gasteiger partial charge is 0.496 e. The van der Waals surface area contributed by atoms with E-state index in [-0.39, 0.29) is 6.04 Å². The molecule has 1 aromatic heterocycles. The van der Waals surface area contributed by atoms with Crippen LogP contribution < -0.4 is 9.64 Å². The molecule has 0 radical (unpaired) electrons. The highest BCUT2D eigenvalue weighted by Gasteiger charge is 2.19. The lowest BCUT2D eigenvalue weighted by Gasteiger charge is -2.26. The Kier molecular flexibility index (Phi) is 6.02. The summed E-state index contributed by atoms with van der Waals surface area (Å²) in [4.78, 5) is 2.23. The Bertz CT molecular complexity index is 916. The maximum atomic E-state index is 6.35. The number of nitrogens with zero attached hydrogens (tertiary/aromatic N) is 3. The normalized spacial score (nSPS) is 11.1. The van der Waals surface area contributed by atoms with E-state index in [1.807, 2.05) is 18.2 Å². The van der Waals surface area contributed by atoms with E-state index in [0.717, 1.165) is 43.2 Å². The Morgan fingerprint density at radius 3 is 2.37 bits per heavy atom. The van der Waals surface area contributed by atoms with Crippen LogP contribution in [0, 0.1) is 13.8 Å². The molecule has 0 aliphatic heterocycles. The molecule has 3 aromatic rings. The number of hydrogen-bond donors (Lipinski definition) is 0. The summed E-state index contributed by atoms with van der Waals surface area (Å²) in [5, 5.41) is 11.5. The van der Waals surface area contributed by atoms with Crippen molar-refractivity contribution in [2.24, 2.45) is 0 Å². The number of benzene rings is 2. The second-order valence-electron chi connectivity index (χ2n) is 6.85. The Morgan fingerprint density at radius 1 is 1.11 bits per heavy atom. The summed E-state index contributed by atoms with van der Waals surface area (Å²) < 4.78 is 5.47. The first kappa shape index (κ1) is 19.6. The van der Waals surface area contributed by atoms with Gasteiger partial charge in [-0.05, 0) is 62.6 Å². The Balaban J connectivity index is 1.92. The molecule has 0 amide bonds. The SMILES string of the molecule is COc1c(C)cc(-c2nnc(N(Cc3ccccc3Cl)C(C)C)s2)cc1C. The van der Waals surface area contributed by atoms with Gasteiger partial charge in [-0.15, -0.1) is 10.2 Å². The maximum Gasteiger partial charge on any atom is 0.209 e. The fourth-order valence-electron chi connectivity index (χ4n) is 3.13. The molecule has 2 aromatic carbocycles. The molecular weight excluding hydrogens is 378 g/mol. The van der Waals surface area contributed by atoms with Crippen molar-refractivity contribution in [2.75, 3.05) is 12.0 Å². The minimum Gasteiger partial charge on any atom is -0.496 e. The minimum absolute atomic E-state index is 0.279. The summed E-state index contributed by atoms with van der Waals surface area (Å²) >= 11 is 7.95. The van der Waals surface area contributed by atoms with Crippen LogP contribution in [-0.4, -0.2) is 23.3 Å². The first-order chi connectivity index (χ1) is 12.9. The lowest BCUT2D eigenvalue weighted by Crippen LogP contribution is -2.30. The molecule has 3 rings (SSSR count). The first-order valence-corrected chi connectivity index (χ1v) is 10.1. The van der Waals surface area contributed by atoms with Gasteiger partial charge in [0.2, 0.25) is 5.13 Å². The van der Waals surface area contributed by atoms with Crippen molar-refractivity contribution in [1.29, 1.82) is 0 Å². The molecule has 0 unspecified atom stereocenters. The molecule has 0 aliphatic carbocycles. The van der Waals surface area contributed by atoms with Crippen LogP contribution in [0.2, 0.25) is 5.02 Å². The molecule has 0 aliphatic rings. The summed E-state index contributed by atoms with van der Waals surface area (Å²) in [5.41, 5.74) is 4.35. The predicted molar refractivity (Wildman–Crippen MR) is 114 cm³/mol. The van der Waals surface area contributed by atoms with Crippen molar-refractivity contribution in [3.05, 3.63) is 58.1 Å². The number of hydrogen-bond acceptors (Lipinski definition) is 5. The van der Waals surface area contributed by atoms with E-state index in [1.165, 1.54) is 0 Å². The van der Waals surface area contributed by atoms with Crippen LogP contribution in [-0.2, 0) is 6.54 Å². The van der Waals surface area contributed by atoms with E-state index < -0.39 is 0 Å². The average molecular weight is 402 g/mol. The summed E-state index contributed by atoms with van der Waals surface area (Å²) in [6.45, 7) is 9.11. The fraction of sp³-hybridized carbons (Fsp3) is 0.333. The third kappa shape index (κ3) is 4.25. The highest BCUT2D eigenvalue weighted by molar-refractivity contribution is 7.18. The monoisotopic (exact) mass is 401 g/mol. The Labute approximate surface area is 169 Å². The molecule has 27 heavy (non-hydrogen) atoms. The van der Waals surface area contributed by atoms with Crippen molar-refractivity contribution in [2.45, 2.75) is 40.3 Å². The zero-order chi connectivity index (χ0) is 19.6. The van der Waals surface area contributed by atoms with Gasteiger partial charge in [0.15, 0.2) is 0 Å². The Morgan fingerprint density at radius 2 is 1.78 bits per heavy atom. The molecule has 4 nitrogen and oxygen atoms in total. The third-order valence-electron chi connectivity index (χ3n) is 4.49. The van der Waals surface area contributed by atoms with E-state index in [4.69, 9.17) is 16.3 Å². The lowest BCUT2D eigenvalue weighted by atomic mass is 10.1. The molecule has 142 valence electrons. The molecule has 0 atom stereocenters. The predicted octanol–water partition coefficient (Wildman–Crippen LogP) is 5.90. The second kappa shape index (κ2) is 8.28. The van der Waals surface area contributed by atoms with E-state index in [2.05, 4.69) is 61.0 Å². The lowest BCUT2D eigenvalue weighted by molar-refractivity contribution is 0.408. The van der Waals surface area contributed by atoms with E-state index >= 15 is 0 Å². The van der Waals surface area contributed by atoms with Crippen LogP contribution >= 0.6 is 22.9 Å². The van der Waals surface area contributed by atoms with Crippen molar-refractivity contribution >= 4 is 28.1 Å². The molecule has 0 bridgehead atoms. The molecular formula is C21H24ClN3OS. The summed E-state index contributed by atoms with van der Waals surface area (Å²) in [6.07, 6.45) is 0. The molecule has 0 spiro atoms. The van der Waals surface area contributed by atoms with Crippen molar-refractivity contribution in [1.82, 2.24) is 10.2 Å². The number of aromatic nitrogens is 2. The van der Waals surface area contributed by atoms with E-state index in [9.17, 15) is 0 Å². The van der Waals surface area contributed by atoms with Crippen LogP contribution in [0.15, 0.2) is 36.4 Å². The highest BCUT2D eigenvalue weighted by atomic mass is 35.5. The van der Waals surface area contributed by atoms with Gasteiger partial charge in [-0.2, -0.15) is 0 Å². The summed E-state index contributed by atoms with van der Waals surface area (Å²) in [5.74, 6) is 0.922. The molecule has 0 saturated carbocycles. The molecule has 6 heteroatoms. The molecule has 0 saturated heterocycles. The van der Waals surface area contributed by atoms with Gasteiger partial charge < -0.3 is 9.64 Å². The average Bonchev–Trinajstić information content (AvgIpc) is 3.10. The summed E-state index contributed by atoms with van der Waals surface area (Å²) in [6, 6.07) is 12.4. The number of aryl methyl sites for hydroxylation is 2. The summed E-state index contributed by atoms with van der Waals surface area (Å²) in [7, 11) is 1.70. The van der Waals surface area contributed by atoms with Gasteiger partial charge in [0.1, 0.15) is 10.8 Å². The van der Waals surface area contributed by atoms with Gasteiger partial charge >= 0.3 is 0 Å². The van der Waals surface area contributed by atoms with Crippen LogP contribution in [0.5, 0.6) is 5.75 Å². The number of anilines is 1. The smallest absolute Gasteiger partial charge is 0.209 e. The van der Waals surface area contributed by atoms with Crippen LogP contribution in [0.1, 0.15) is 30.5 Å². The molecule has 0 fully saturated rings. The topological polar surface area (TPSA) is 38.3 Å². The van der Waals surface area contributed by atoms with Crippen LogP contribution in [0.4, 0.5) is 5.13 Å². The number of methoxy groups -OCH3 is 1. The fourth-order valence-corrected chi connectivity index (χ4v) is 4.29. The van der Waals surface area contributed by atoms with Gasteiger partial charge in [0, 0.05) is 23.2 Å². The first-order valence-electron chi connectivity index (χ1n) is 8.90. The standard InChI is InChI=1S/C21H24ClN3OS/c1-13(2)25(12-16-8-6-7-9-18(16)22)21-24-23-20(27-21)17-10-14(3)19(26-5)15(4)11-17/h6-11,13H,12H2,1-5H3. The van der Waals surface area contributed by atoms with Gasteiger partial charge in [0.05, 0.1) is 7.11 Å². The van der Waals surface area contributed by atoms with Crippen molar-refractivity contribution in [3.8, 4) is 16.3 Å². The highest BCUT2D eigenvalue weighted by Crippen LogP contribution is 2.35. The van der Waals surface area contributed by atoms with Crippen molar-refractivity contribution < 1.29 is 4.74 Å². The van der Waals surface area contributed by atoms with E-state index in [1.54, 1.807) is 18.4 Å². The van der Waals surface area contributed by atoms with Gasteiger partial charge in [0.25, 0.3) is 0 Å². The minimum atomic E-state index is 0.279. The third-order valence-corrected chi connectivity index (χ3v) is 5.87. The zero-order valence-corrected chi connectivity index (χ0v) is 17.9. The van der Waals surface area contributed by atoms with Gasteiger partial charge in [-0.3, -0.25) is 0 Å². The van der Waals surface area contributed by atoms with E-state index in [0.29, 0.717) is 6.54 Å². The van der Waals surface area contributed by atoms with Crippen LogP contribution in [0.3, 0.4) is 0 Å². The second-order valence-corrected chi connectivity index (χ2v) is 8.21. The molecule has 0 N–H and O–H groups in total. The number of rotatable bonds is 6.